The quantitative estimate of drug-likeness (QED) is 0.417. The van der Waals surface area contributed by atoms with E-state index in [2.05, 4.69) is 101 Å². The Morgan fingerprint density at radius 3 is 1.43 bits per heavy atom. The van der Waals surface area contributed by atoms with Crippen molar-refractivity contribution in [2.45, 2.75) is 20.0 Å². The maximum Gasteiger partial charge on any atom is 0.166 e. The Balaban J connectivity index is 2.07. The van der Waals surface area contributed by atoms with Gasteiger partial charge < -0.3 is 0 Å². The molecule has 3 aromatic carbocycles. The van der Waals surface area contributed by atoms with E-state index in [1.807, 2.05) is 0 Å². The summed E-state index contributed by atoms with van der Waals surface area (Å²) in [6, 6.07) is 30.4. The topological polar surface area (TPSA) is 0 Å². The molecule has 3 rings (SSSR count). The lowest BCUT2D eigenvalue weighted by Crippen LogP contribution is -2.04. The van der Waals surface area contributed by atoms with Crippen LogP contribution in [0.2, 0.25) is 0 Å². The van der Waals surface area contributed by atoms with Crippen LogP contribution < -0.4 is 0 Å². The van der Waals surface area contributed by atoms with Crippen LogP contribution in [0.5, 0.6) is 0 Å². The second-order valence-electron chi connectivity index (χ2n) is 4.71. The molecule has 0 atom stereocenters. The molecule has 0 aliphatic carbocycles. The van der Waals surface area contributed by atoms with Gasteiger partial charge in [-0.15, -0.1) is 0 Å². The molecule has 0 spiro atoms. The molecule has 104 valence electrons. The van der Waals surface area contributed by atoms with E-state index in [1.54, 1.807) is 0 Å². The van der Waals surface area contributed by atoms with Crippen molar-refractivity contribution in [3.8, 4) is 0 Å². The Kier molecular flexibility index (Phi) is 4.79. The van der Waals surface area contributed by atoms with Gasteiger partial charge in [-0.05, 0) is 42.0 Å². The molecule has 0 heterocycles. The predicted molar refractivity (Wildman–Crippen MR) is 94.1 cm³/mol. The molecule has 0 amide bonds. The van der Waals surface area contributed by atoms with E-state index in [0.717, 1.165) is 5.33 Å². The summed E-state index contributed by atoms with van der Waals surface area (Å²) >= 11 is 3.51. The summed E-state index contributed by atoms with van der Waals surface area (Å²) in [6.07, 6.45) is 0. The molecule has 0 aliphatic heterocycles. The molecule has 0 saturated carbocycles. The molecule has 0 aromatic heterocycles. The second-order valence-corrected chi connectivity index (χ2v) is 7.30. The summed E-state index contributed by atoms with van der Waals surface area (Å²) in [4.78, 5) is 4.07. The van der Waals surface area contributed by atoms with Gasteiger partial charge in [0.1, 0.15) is 0 Å². The van der Waals surface area contributed by atoms with Gasteiger partial charge in [0.2, 0.25) is 0 Å². The molecular weight excluding hydrogens is 340 g/mol. The minimum atomic E-state index is -0.0402. The van der Waals surface area contributed by atoms with E-state index < -0.39 is 0 Å². The number of alkyl halides is 1. The van der Waals surface area contributed by atoms with Gasteiger partial charge in [-0.25, -0.2) is 0 Å². The van der Waals surface area contributed by atoms with Gasteiger partial charge in [0, 0.05) is 5.33 Å². The molecule has 2 heteroatoms. The van der Waals surface area contributed by atoms with E-state index in [0.29, 0.717) is 0 Å². The number of benzene rings is 3. The standard InChI is InChI=1S/C19H16BrS/c20-15-16-11-13-19(14-12-16)21(17-7-3-1-4-8-17)18-9-5-2-6-10-18/h1-14H,15H2/q+1. The summed E-state index contributed by atoms with van der Waals surface area (Å²) in [6.45, 7) is 0. The van der Waals surface area contributed by atoms with Gasteiger partial charge in [-0.3, -0.25) is 0 Å². The van der Waals surface area contributed by atoms with Gasteiger partial charge in [0.15, 0.2) is 14.7 Å². The average Bonchev–Trinajstić information content (AvgIpc) is 2.58. The fraction of sp³-hybridized carbons (Fsp3) is 0.0526. The first-order valence-electron chi connectivity index (χ1n) is 6.88. The van der Waals surface area contributed by atoms with Crippen molar-refractivity contribution in [1.82, 2.24) is 0 Å². The van der Waals surface area contributed by atoms with E-state index in [9.17, 15) is 0 Å². The third kappa shape index (κ3) is 3.39. The Morgan fingerprint density at radius 1 is 0.571 bits per heavy atom. The lowest BCUT2D eigenvalue weighted by Gasteiger charge is -2.08. The van der Waals surface area contributed by atoms with Crippen LogP contribution >= 0.6 is 15.9 Å². The minimum Gasteiger partial charge on any atom is -0.0876 e. The van der Waals surface area contributed by atoms with E-state index in [-0.39, 0.29) is 10.9 Å². The van der Waals surface area contributed by atoms with E-state index in [1.165, 1.54) is 20.2 Å². The van der Waals surface area contributed by atoms with Crippen molar-refractivity contribution in [2.75, 3.05) is 0 Å². The number of halogens is 1. The van der Waals surface area contributed by atoms with Crippen LogP contribution in [0, 0.1) is 0 Å². The second kappa shape index (κ2) is 6.97. The Bertz CT molecular complexity index is 638. The van der Waals surface area contributed by atoms with Gasteiger partial charge in [-0.2, -0.15) is 0 Å². The normalized spacial score (nSPS) is 10.8. The lowest BCUT2D eigenvalue weighted by molar-refractivity contribution is 1.29. The minimum absolute atomic E-state index is 0.0402. The van der Waals surface area contributed by atoms with Crippen LogP contribution in [0.3, 0.4) is 0 Å². The first-order chi connectivity index (χ1) is 10.4. The smallest absolute Gasteiger partial charge is 0.0876 e. The fourth-order valence-corrected chi connectivity index (χ4v) is 4.69. The Morgan fingerprint density at radius 2 is 1.00 bits per heavy atom. The zero-order chi connectivity index (χ0) is 14.5. The average molecular weight is 356 g/mol. The van der Waals surface area contributed by atoms with Crippen LogP contribution in [0.4, 0.5) is 0 Å². The lowest BCUT2D eigenvalue weighted by atomic mass is 10.2. The van der Waals surface area contributed by atoms with Crippen molar-refractivity contribution >= 4 is 26.8 Å². The van der Waals surface area contributed by atoms with Crippen LogP contribution in [0.15, 0.2) is 99.6 Å². The highest BCUT2D eigenvalue weighted by atomic mass is 79.9. The molecule has 0 radical (unpaired) electrons. The van der Waals surface area contributed by atoms with E-state index in [4.69, 9.17) is 0 Å². The maximum atomic E-state index is 3.51. The third-order valence-electron chi connectivity index (χ3n) is 3.27. The maximum absolute atomic E-state index is 3.51. The van der Waals surface area contributed by atoms with Gasteiger partial charge in [0.25, 0.3) is 0 Å². The Hall–Kier alpha value is -1.51. The molecule has 0 saturated heterocycles. The summed E-state index contributed by atoms with van der Waals surface area (Å²) in [5, 5.41) is 0.901. The molecule has 0 bridgehead atoms. The summed E-state index contributed by atoms with van der Waals surface area (Å²) in [5.41, 5.74) is 1.31. The molecule has 0 N–H and O–H groups in total. The van der Waals surface area contributed by atoms with Gasteiger partial charge >= 0.3 is 0 Å². The Labute approximate surface area is 137 Å². The SMILES string of the molecule is BrCc1ccc([S+](c2ccccc2)c2ccccc2)cc1. The highest BCUT2D eigenvalue weighted by Gasteiger charge is 2.27. The van der Waals surface area contributed by atoms with Crippen molar-refractivity contribution in [2.24, 2.45) is 0 Å². The van der Waals surface area contributed by atoms with Crippen LogP contribution in [-0.4, -0.2) is 0 Å². The van der Waals surface area contributed by atoms with Crippen molar-refractivity contribution in [3.63, 3.8) is 0 Å². The third-order valence-corrected chi connectivity index (χ3v) is 6.15. The molecule has 0 aliphatic rings. The summed E-state index contributed by atoms with van der Waals surface area (Å²) in [7, 11) is -0.0402. The number of rotatable bonds is 4. The van der Waals surface area contributed by atoms with Gasteiger partial charge in [0.05, 0.1) is 10.9 Å². The molecule has 0 fully saturated rings. The van der Waals surface area contributed by atoms with E-state index >= 15 is 0 Å². The highest BCUT2D eigenvalue weighted by molar-refractivity contribution is 9.08. The largest absolute Gasteiger partial charge is 0.166 e. The van der Waals surface area contributed by atoms with Gasteiger partial charge in [-0.1, -0.05) is 64.5 Å². The zero-order valence-corrected chi connectivity index (χ0v) is 14.0. The van der Waals surface area contributed by atoms with Crippen molar-refractivity contribution in [1.29, 1.82) is 0 Å². The van der Waals surface area contributed by atoms with Crippen LogP contribution in [0.25, 0.3) is 0 Å². The molecule has 0 unspecified atom stereocenters. The first-order valence-corrected chi connectivity index (χ1v) is 9.22. The van der Waals surface area contributed by atoms with Crippen molar-refractivity contribution in [3.05, 3.63) is 90.5 Å². The molecular formula is C19H16BrS+. The van der Waals surface area contributed by atoms with Crippen LogP contribution in [-0.2, 0) is 16.2 Å². The predicted octanol–water partition coefficient (Wildman–Crippen LogP) is 5.68. The summed E-state index contributed by atoms with van der Waals surface area (Å²) < 4.78 is 0. The summed E-state index contributed by atoms with van der Waals surface area (Å²) in [5.74, 6) is 0. The fourth-order valence-electron chi connectivity index (χ4n) is 2.24. The molecule has 21 heavy (non-hydrogen) atoms. The number of hydrogen-bond donors (Lipinski definition) is 0. The highest BCUT2D eigenvalue weighted by Crippen LogP contribution is 2.31. The molecule has 3 aromatic rings. The monoisotopic (exact) mass is 355 g/mol. The first kappa shape index (κ1) is 14.4. The van der Waals surface area contributed by atoms with Crippen LogP contribution in [0.1, 0.15) is 5.56 Å². The van der Waals surface area contributed by atoms with Crippen molar-refractivity contribution < 1.29 is 0 Å². The zero-order valence-electron chi connectivity index (χ0n) is 11.6. The molecule has 0 nitrogen and oxygen atoms in total. The number of hydrogen-bond acceptors (Lipinski definition) is 0.